The Balaban J connectivity index is 1.77. The molecule has 134 valence electrons. The molecule has 2 N–H and O–H groups in total. The van der Waals surface area contributed by atoms with Crippen molar-refractivity contribution in [2.75, 3.05) is 13.2 Å². The molecule has 1 aromatic carbocycles. The van der Waals surface area contributed by atoms with E-state index in [1.165, 1.54) is 16.7 Å². The van der Waals surface area contributed by atoms with E-state index < -0.39 is 5.97 Å². The number of rotatable bonds is 9. The third-order valence-electron chi connectivity index (χ3n) is 3.48. The molecule has 0 atom stereocenters. The lowest BCUT2D eigenvalue weighted by Crippen LogP contribution is -2.25. The van der Waals surface area contributed by atoms with Crippen LogP contribution in [0.5, 0.6) is 5.75 Å². The smallest absolute Gasteiger partial charge is 0.355 e. The van der Waals surface area contributed by atoms with Gasteiger partial charge >= 0.3 is 5.97 Å². The van der Waals surface area contributed by atoms with Gasteiger partial charge in [-0.05, 0) is 36.6 Å². The minimum atomic E-state index is -1.04. The molecule has 0 spiro atoms. The monoisotopic (exact) mass is 362 g/mol. The number of hydrogen-bond donors (Lipinski definition) is 2. The zero-order chi connectivity index (χ0) is 18.2. The van der Waals surface area contributed by atoms with Crippen LogP contribution < -0.4 is 10.1 Å². The number of carbonyl (C=O) groups is 2. The summed E-state index contributed by atoms with van der Waals surface area (Å²) < 4.78 is 5.63. The first-order chi connectivity index (χ1) is 12.0. The van der Waals surface area contributed by atoms with Crippen LogP contribution in [-0.2, 0) is 6.42 Å². The first-order valence-corrected chi connectivity index (χ1v) is 9.02. The number of carboxylic acid groups (broad SMARTS) is 1. The van der Waals surface area contributed by atoms with E-state index in [0.717, 1.165) is 12.2 Å². The van der Waals surface area contributed by atoms with Crippen molar-refractivity contribution in [1.29, 1.82) is 0 Å². The zero-order valence-corrected chi connectivity index (χ0v) is 15.1. The molecule has 1 aromatic heterocycles. The molecule has 0 unspecified atom stereocenters. The number of nitrogens with zero attached hydrogens (tertiary/aromatic N) is 1. The Morgan fingerprint density at radius 1 is 1.28 bits per heavy atom. The maximum Gasteiger partial charge on any atom is 0.355 e. The van der Waals surface area contributed by atoms with E-state index in [-0.39, 0.29) is 11.6 Å². The first kappa shape index (κ1) is 18.9. The summed E-state index contributed by atoms with van der Waals surface area (Å²) in [7, 11) is 0. The molecule has 1 amide bonds. The fourth-order valence-electron chi connectivity index (χ4n) is 2.02. The number of benzene rings is 1. The van der Waals surface area contributed by atoms with Crippen LogP contribution in [0.2, 0.25) is 0 Å². The van der Waals surface area contributed by atoms with Gasteiger partial charge in [0.1, 0.15) is 5.75 Å². The number of ether oxygens (including phenoxy) is 1. The lowest BCUT2D eigenvalue weighted by atomic mass is 10.1. The predicted octanol–water partition coefficient (Wildman–Crippen LogP) is 3.24. The second-order valence-corrected chi connectivity index (χ2v) is 6.94. The summed E-state index contributed by atoms with van der Waals surface area (Å²) in [5.41, 5.74) is 0.598. The summed E-state index contributed by atoms with van der Waals surface area (Å²) in [5, 5.41) is 13.8. The van der Waals surface area contributed by atoms with Crippen LogP contribution in [0.15, 0.2) is 29.6 Å². The van der Waals surface area contributed by atoms with Crippen LogP contribution in [-0.4, -0.2) is 35.1 Å². The molecule has 0 aliphatic heterocycles. The Morgan fingerprint density at radius 2 is 2.00 bits per heavy atom. The molecule has 0 radical (unpaired) electrons. The van der Waals surface area contributed by atoms with Gasteiger partial charge in [0.25, 0.3) is 5.91 Å². The van der Waals surface area contributed by atoms with E-state index in [1.54, 1.807) is 24.3 Å². The molecule has 0 aliphatic rings. The van der Waals surface area contributed by atoms with Gasteiger partial charge in [0.15, 0.2) is 5.69 Å². The largest absolute Gasteiger partial charge is 0.494 e. The Morgan fingerprint density at radius 3 is 2.60 bits per heavy atom. The Bertz CT molecular complexity index is 710. The molecule has 6 nitrogen and oxygen atoms in total. The molecule has 0 bridgehead atoms. The van der Waals surface area contributed by atoms with Gasteiger partial charge < -0.3 is 15.2 Å². The fraction of sp³-hybridized carbons (Fsp3) is 0.389. The average molecular weight is 362 g/mol. The number of nitrogens with one attached hydrogen (secondary N) is 1. The van der Waals surface area contributed by atoms with E-state index in [0.29, 0.717) is 36.1 Å². The highest BCUT2D eigenvalue weighted by Crippen LogP contribution is 2.14. The first-order valence-electron chi connectivity index (χ1n) is 8.14. The highest BCUT2D eigenvalue weighted by atomic mass is 32.1. The number of aromatic carboxylic acids is 1. The average Bonchev–Trinajstić information content (AvgIpc) is 3.04. The zero-order valence-electron chi connectivity index (χ0n) is 14.3. The molecule has 0 aliphatic carbocycles. The Kier molecular flexibility index (Phi) is 6.94. The number of carbonyl (C=O) groups excluding carboxylic acids is 1. The predicted molar refractivity (Wildman–Crippen MR) is 96.5 cm³/mol. The molecule has 0 saturated carbocycles. The van der Waals surface area contributed by atoms with Crippen LogP contribution >= 0.6 is 11.3 Å². The van der Waals surface area contributed by atoms with Crippen molar-refractivity contribution in [3.05, 3.63) is 45.9 Å². The van der Waals surface area contributed by atoms with Crippen LogP contribution in [0.25, 0.3) is 0 Å². The van der Waals surface area contributed by atoms with Gasteiger partial charge in [-0.25, -0.2) is 9.78 Å². The number of amides is 1. The van der Waals surface area contributed by atoms with Gasteiger partial charge in [0.2, 0.25) is 0 Å². The van der Waals surface area contributed by atoms with Crippen molar-refractivity contribution >= 4 is 23.2 Å². The highest BCUT2D eigenvalue weighted by Gasteiger charge is 2.09. The highest BCUT2D eigenvalue weighted by molar-refractivity contribution is 7.09. The maximum atomic E-state index is 12.1. The SMILES string of the molecule is CC(C)CCOc1ccc(C(=O)NCCc2nc(C(=O)O)cs2)cc1. The number of hydrogen-bond acceptors (Lipinski definition) is 5. The molecule has 1 heterocycles. The van der Waals surface area contributed by atoms with Gasteiger partial charge in [0, 0.05) is 23.9 Å². The normalized spacial score (nSPS) is 10.7. The fourth-order valence-corrected chi connectivity index (χ4v) is 2.80. The lowest BCUT2D eigenvalue weighted by Gasteiger charge is -2.09. The van der Waals surface area contributed by atoms with E-state index in [9.17, 15) is 9.59 Å². The van der Waals surface area contributed by atoms with Crippen LogP contribution in [0.4, 0.5) is 0 Å². The van der Waals surface area contributed by atoms with E-state index in [1.807, 2.05) is 0 Å². The number of carboxylic acids is 1. The topological polar surface area (TPSA) is 88.5 Å². The van der Waals surface area contributed by atoms with Crippen LogP contribution in [0.1, 0.15) is 46.1 Å². The summed E-state index contributed by atoms with van der Waals surface area (Å²) >= 11 is 1.28. The minimum absolute atomic E-state index is 0.0411. The molecule has 2 rings (SSSR count). The van der Waals surface area contributed by atoms with Gasteiger partial charge in [-0.2, -0.15) is 0 Å². The van der Waals surface area contributed by atoms with Gasteiger partial charge in [0.05, 0.1) is 11.6 Å². The Hall–Kier alpha value is -2.41. The molecule has 0 fully saturated rings. The van der Waals surface area contributed by atoms with E-state index in [2.05, 4.69) is 24.1 Å². The molecular weight excluding hydrogens is 340 g/mol. The summed E-state index contributed by atoms with van der Waals surface area (Å²) in [4.78, 5) is 26.9. The maximum absolute atomic E-state index is 12.1. The molecule has 0 saturated heterocycles. The third-order valence-corrected chi connectivity index (χ3v) is 4.38. The Labute approximate surface area is 150 Å². The number of thiazole rings is 1. The van der Waals surface area contributed by atoms with Crippen molar-refractivity contribution in [2.45, 2.75) is 26.7 Å². The van der Waals surface area contributed by atoms with Crippen molar-refractivity contribution in [2.24, 2.45) is 5.92 Å². The summed E-state index contributed by atoms with van der Waals surface area (Å²) in [5.74, 6) is 0.127. The van der Waals surface area contributed by atoms with Crippen LogP contribution in [0.3, 0.4) is 0 Å². The van der Waals surface area contributed by atoms with Crippen molar-refractivity contribution in [3.8, 4) is 5.75 Å². The standard InChI is InChI=1S/C18H22N2O4S/c1-12(2)8-10-24-14-5-3-13(4-6-14)17(21)19-9-7-16-20-15(11-25-16)18(22)23/h3-6,11-12H,7-10H2,1-2H3,(H,19,21)(H,22,23). The van der Waals surface area contributed by atoms with Crippen molar-refractivity contribution < 1.29 is 19.4 Å². The van der Waals surface area contributed by atoms with Crippen molar-refractivity contribution in [1.82, 2.24) is 10.3 Å². The second-order valence-electron chi connectivity index (χ2n) is 5.99. The summed E-state index contributed by atoms with van der Waals surface area (Å²) in [6, 6.07) is 7.03. The number of aromatic nitrogens is 1. The third kappa shape index (κ3) is 6.19. The molecule has 2 aromatic rings. The van der Waals surface area contributed by atoms with E-state index >= 15 is 0 Å². The van der Waals surface area contributed by atoms with Gasteiger partial charge in [-0.15, -0.1) is 11.3 Å². The molecule has 7 heteroatoms. The van der Waals surface area contributed by atoms with Gasteiger partial charge in [-0.1, -0.05) is 13.8 Å². The van der Waals surface area contributed by atoms with Crippen molar-refractivity contribution in [3.63, 3.8) is 0 Å². The minimum Gasteiger partial charge on any atom is -0.494 e. The molecular formula is C18H22N2O4S. The molecule has 25 heavy (non-hydrogen) atoms. The quantitative estimate of drug-likeness (QED) is 0.715. The van der Waals surface area contributed by atoms with Crippen LogP contribution in [0, 0.1) is 5.92 Å². The van der Waals surface area contributed by atoms with E-state index in [4.69, 9.17) is 9.84 Å². The summed E-state index contributed by atoms with van der Waals surface area (Å²) in [6.45, 7) is 5.35. The lowest BCUT2D eigenvalue weighted by molar-refractivity contribution is 0.0690. The summed E-state index contributed by atoms with van der Waals surface area (Å²) in [6.07, 6.45) is 1.49. The van der Waals surface area contributed by atoms with Gasteiger partial charge in [-0.3, -0.25) is 4.79 Å². The second kappa shape index (κ2) is 9.17.